The Morgan fingerprint density at radius 1 is 1.30 bits per heavy atom. The molecule has 3 aromatic rings. The molecule has 0 amide bonds. The molecular formula is C19H10BrF3N6O4. The van der Waals surface area contributed by atoms with Gasteiger partial charge in [-0.3, -0.25) is 19.9 Å². The first-order valence-electron chi connectivity index (χ1n) is 8.71. The predicted molar refractivity (Wildman–Crippen MR) is 114 cm³/mol. The molecule has 0 aliphatic rings. The molecule has 0 spiro atoms. The van der Waals surface area contributed by atoms with Crippen molar-refractivity contribution in [2.24, 2.45) is 5.10 Å². The number of anilines is 1. The van der Waals surface area contributed by atoms with E-state index in [0.717, 1.165) is 18.3 Å². The van der Waals surface area contributed by atoms with Crippen LogP contribution in [0, 0.1) is 21.4 Å². The number of alkyl halides is 3. The number of nitrogens with zero attached hydrogens (tertiary/aromatic N) is 4. The first-order valence-corrected chi connectivity index (χ1v) is 9.51. The number of rotatable bonds is 6. The van der Waals surface area contributed by atoms with E-state index < -0.39 is 28.3 Å². The first kappa shape index (κ1) is 23.4. The number of nitriles is 1. The third-order valence-electron chi connectivity index (χ3n) is 3.92. The van der Waals surface area contributed by atoms with Crippen molar-refractivity contribution >= 4 is 33.8 Å². The average Bonchev–Trinajstić information content (AvgIpc) is 2.74. The molecular weight excluding hydrogens is 513 g/mol. The van der Waals surface area contributed by atoms with Crippen LogP contribution in [0.5, 0.6) is 5.75 Å². The van der Waals surface area contributed by atoms with E-state index in [1.54, 1.807) is 36.4 Å². The van der Waals surface area contributed by atoms with Gasteiger partial charge in [0.2, 0.25) is 11.7 Å². The number of benzene rings is 2. The minimum Gasteiger partial charge on any atom is -0.397 e. The summed E-state index contributed by atoms with van der Waals surface area (Å²) in [6.45, 7) is 0. The number of nitro benzene ring substituents is 1. The van der Waals surface area contributed by atoms with Crippen LogP contribution >= 0.6 is 15.9 Å². The molecule has 168 valence electrons. The van der Waals surface area contributed by atoms with Crippen LogP contribution in [0.3, 0.4) is 0 Å². The Kier molecular flexibility index (Phi) is 6.73. The topological polar surface area (TPSA) is 146 Å². The zero-order valence-electron chi connectivity index (χ0n) is 16.1. The molecule has 0 atom stereocenters. The molecule has 0 fully saturated rings. The minimum atomic E-state index is -5.13. The van der Waals surface area contributed by atoms with Crippen molar-refractivity contribution in [1.82, 2.24) is 9.97 Å². The van der Waals surface area contributed by atoms with Crippen LogP contribution in [0.2, 0.25) is 0 Å². The summed E-state index contributed by atoms with van der Waals surface area (Å²) in [5.74, 6) is -1.15. The van der Waals surface area contributed by atoms with Crippen LogP contribution in [0.1, 0.15) is 11.1 Å². The van der Waals surface area contributed by atoms with Crippen LogP contribution in [-0.2, 0) is 0 Å². The molecule has 0 aliphatic carbocycles. The van der Waals surface area contributed by atoms with Gasteiger partial charge in [0, 0.05) is 17.2 Å². The third-order valence-corrected chi connectivity index (χ3v) is 4.51. The van der Waals surface area contributed by atoms with E-state index >= 15 is 0 Å². The van der Waals surface area contributed by atoms with Crippen molar-refractivity contribution in [3.63, 3.8) is 0 Å². The molecule has 0 saturated heterocycles. The number of nitrogens with one attached hydrogen (secondary N) is 2. The molecule has 0 bridgehead atoms. The van der Waals surface area contributed by atoms with Crippen LogP contribution < -0.4 is 15.7 Å². The molecule has 2 aromatic carbocycles. The van der Waals surface area contributed by atoms with Gasteiger partial charge >= 0.3 is 12.0 Å². The van der Waals surface area contributed by atoms with Gasteiger partial charge in [0.05, 0.1) is 21.3 Å². The standard InChI is InChI=1S/C19H10BrF3N6O4/c20-13-6-10(7-14(29(31)32)16(13)33-19(21,22)23)9-25-28-18-26-15(11-4-2-1-3-5-11)12(8-24)17(30)27-18/h1-7,9H,(H2,26,27,28,30). The molecule has 0 unspecified atom stereocenters. The monoisotopic (exact) mass is 522 g/mol. The van der Waals surface area contributed by atoms with E-state index in [2.05, 4.69) is 41.2 Å². The fraction of sp³-hybridized carbons (Fsp3) is 0.0526. The Bertz CT molecular complexity index is 1340. The smallest absolute Gasteiger partial charge is 0.397 e. The number of H-pyrrole nitrogens is 1. The van der Waals surface area contributed by atoms with Gasteiger partial charge in [-0.05, 0) is 22.0 Å². The SMILES string of the molecule is N#Cc1c(-c2ccccc2)nc(NN=Cc2cc(Br)c(OC(F)(F)F)c([N+](=O)[O-])c2)[nH]c1=O. The van der Waals surface area contributed by atoms with Gasteiger partial charge in [0.25, 0.3) is 5.56 Å². The van der Waals surface area contributed by atoms with E-state index in [0.29, 0.717) is 5.56 Å². The lowest BCUT2D eigenvalue weighted by atomic mass is 10.1. The molecule has 0 saturated carbocycles. The van der Waals surface area contributed by atoms with Crippen molar-refractivity contribution in [3.8, 4) is 23.1 Å². The number of nitro groups is 1. The minimum absolute atomic E-state index is 0.0369. The number of hydrogen-bond donors (Lipinski definition) is 2. The summed E-state index contributed by atoms with van der Waals surface area (Å²) in [6, 6.07) is 12.2. The Morgan fingerprint density at radius 3 is 2.61 bits per heavy atom. The van der Waals surface area contributed by atoms with Gasteiger partial charge in [0.1, 0.15) is 11.6 Å². The second-order valence-electron chi connectivity index (χ2n) is 6.14. The number of ether oxygens (including phenoxy) is 1. The van der Waals surface area contributed by atoms with Crippen molar-refractivity contribution in [2.45, 2.75) is 6.36 Å². The van der Waals surface area contributed by atoms with Crippen molar-refractivity contribution < 1.29 is 22.8 Å². The highest BCUT2D eigenvalue weighted by molar-refractivity contribution is 9.10. The Morgan fingerprint density at radius 2 is 2.00 bits per heavy atom. The van der Waals surface area contributed by atoms with Gasteiger partial charge in [-0.15, -0.1) is 13.2 Å². The summed E-state index contributed by atoms with van der Waals surface area (Å²) in [5.41, 5.74) is 1.18. The van der Waals surface area contributed by atoms with E-state index in [9.17, 15) is 33.3 Å². The maximum Gasteiger partial charge on any atom is 0.573 e. The Hall–Kier alpha value is -4.25. The first-order chi connectivity index (χ1) is 15.6. The number of aromatic nitrogens is 2. The van der Waals surface area contributed by atoms with Crippen LogP contribution in [0.25, 0.3) is 11.3 Å². The molecule has 10 nitrogen and oxygen atoms in total. The number of halogens is 4. The fourth-order valence-corrected chi connectivity index (χ4v) is 3.18. The van der Waals surface area contributed by atoms with Crippen molar-refractivity contribution in [2.75, 3.05) is 5.43 Å². The molecule has 2 N–H and O–H groups in total. The highest BCUT2D eigenvalue weighted by atomic mass is 79.9. The van der Waals surface area contributed by atoms with E-state index in [-0.39, 0.29) is 27.2 Å². The van der Waals surface area contributed by atoms with Crippen molar-refractivity contribution in [3.05, 3.63) is 78.5 Å². The lowest BCUT2D eigenvalue weighted by Gasteiger charge is -2.11. The summed E-state index contributed by atoms with van der Waals surface area (Å²) < 4.78 is 41.0. The van der Waals surface area contributed by atoms with Gasteiger partial charge in [-0.1, -0.05) is 30.3 Å². The van der Waals surface area contributed by atoms with Gasteiger partial charge in [-0.2, -0.15) is 10.4 Å². The average molecular weight is 523 g/mol. The maximum absolute atomic E-state index is 12.5. The normalized spacial score (nSPS) is 11.2. The zero-order chi connectivity index (χ0) is 24.2. The second kappa shape index (κ2) is 9.49. The van der Waals surface area contributed by atoms with E-state index in [1.807, 2.05) is 0 Å². The second-order valence-corrected chi connectivity index (χ2v) is 7.00. The molecule has 0 radical (unpaired) electrons. The predicted octanol–water partition coefficient (Wildman–Crippen LogP) is 4.32. The zero-order valence-corrected chi connectivity index (χ0v) is 17.6. The Labute approximate surface area is 190 Å². The van der Waals surface area contributed by atoms with E-state index in [1.165, 1.54) is 0 Å². The lowest BCUT2D eigenvalue weighted by molar-refractivity contribution is -0.388. The van der Waals surface area contributed by atoms with Gasteiger partial charge in [-0.25, -0.2) is 10.4 Å². The highest BCUT2D eigenvalue weighted by Crippen LogP contribution is 2.39. The summed E-state index contributed by atoms with van der Waals surface area (Å²) in [5, 5.41) is 24.2. The third kappa shape index (κ3) is 5.71. The van der Waals surface area contributed by atoms with Crippen LogP contribution in [0.15, 0.2) is 56.8 Å². The number of aromatic amines is 1. The molecule has 0 aliphatic heterocycles. The number of hydrogen-bond acceptors (Lipinski definition) is 8. The summed E-state index contributed by atoms with van der Waals surface area (Å²) in [6.07, 6.45) is -4.08. The van der Waals surface area contributed by atoms with Crippen LogP contribution in [0.4, 0.5) is 24.8 Å². The maximum atomic E-state index is 12.5. The van der Waals surface area contributed by atoms with Crippen molar-refractivity contribution in [1.29, 1.82) is 5.26 Å². The summed E-state index contributed by atoms with van der Waals surface area (Å²) >= 11 is 2.81. The van der Waals surface area contributed by atoms with Crippen LogP contribution in [-0.4, -0.2) is 27.5 Å². The highest BCUT2D eigenvalue weighted by Gasteiger charge is 2.36. The summed E-state index contributed by atoms with van der Waals surface area (Å²) in [4.78, 5) is 28.8. The fourth-order valence-electron chi connectivity index (χ4n) is 2.63. The Balaban J connectivity index is 1.92. The molecule has 1 aromatic heterocycles. The largest absolute Gasteiger partial charge is 0.573 e. The summed E-state index contributed by atoms with van der Waals surface area (Å²) in [7, 11) is 0. The number of hydrazone groups is 1. The molecule has 1 heterocycles. The molecule has 3 rings (SSSR count). The quantitative estimate of drug-likeness (QED) is 0.278. The van der Waals surface area contributed by atoms with Gasteiger partial charge < -0.3 is 4.74 Å². The molecule has 14 heteroatoms. The lowest BCUT2D eigenvalue weighted by Crippen LogP contribution is -2.18. The molecule has 33 heavy (non-hydrogen) atoms. The van der Waals surface area contributed by atoms with E-state index in [4.69, 9.17) is 0 Å². The van der Waals surface area contributed by atoms with Gasteiger partial charge in [0.15, 0.2) is 0 Å².